The van der Waals surface area contributed by atoms with E-state index in [4.69, 9.17) is 17.3 Å². The lowest BCUT2D eigenvalue weighted by Crippen LogP contribution is -1.98. The molecule has 0 spiro atoms. The maximum absolute atomic E-state index is 6.17. The van der Waals surface area contributed by atoms with Gasteiger partial charge in [-0.1, -0.05) is 17.7 Å². The van der Waals surface area contributed by atoms with Gasteiger partial charge < -0.3 is 5.73 Å². The Kier molecular flexibility index (Phi) is 3.77. The molecule has 2 N–H and O–H groups in total. The van der Waals surface area contributed by atoms with Gasteiger partial charge in [0.05, 0.1) is 5.02 Å². The highest BCUT2D eigenvalue weighted by Gasteiger charge is 2.08. The van der Waals surface area contributed by atoms with E-state index in [1.54, 1.807) is 12.4 Å². The standard InChI is InChI=1S/C11H10ClN3S/c12-10-8(7-13)4-6-15-11(10)16-9-3-1-2-5-14-9/h1-6H,7,13H2. The first-order valence-corrected chi connectivity index (χ1v) is 5.93. The molecule has 2 aromatic rings. The largest absolute Gasteiger partial charge is 0.326 e. The minimum atomic E-state index is 0.414. The van der Waals surface area contributed by atoms with Gasteiger partial charge in [0, 0.05) is 18.9 Å². The first kappa shape index (κ1) is 11.4. The van der Waals surface area contributed by atoms with Crippen molar-refractivity contribution < 1.29 is 0 Å². The SMILES string of the molecule is NCc1ccnc(Sc2ccccn2)c1Cl. The molecule has 0 saturated heterocycles. The van der Waals surface area contributed by atoms with Crippen LogP contribution in [0.25, 0.3) is 0 Å². The summed E-state index contributed by atoms with van der Waals surface area (Å²) in [7, 11) is 0. The van der Waals surface area contributed by atoms with Crippen molar-refractivity contribution in [3.8, 4) is 0 Å². The summed E-state index contributed by atoms with van der Waals surface area (Å²) in [6.45, 7) is 0.414. The zero-order valence-corrected chi connectivity index (χ0v) is 10.0. The molecule has 16 heavy (non-hydrogen) atoms. The summed E-state index contributed by atoms with van der Waals surface area (Å²) in [5.41, 5.74) is 6.47. The van der Waals surface area contributed by atoms with E-state index >= 15 is 0 Å². The second kappa shape index (κ2) is 5.30. The molecule has 0 bridgehead atoms. The average Bonchev–Trinajstić information content (AvgIpc) is 2.33. The van der Waals surface area contributed by atoms with Crippen molar-refractivity contribution in [1.29, 1.82) is 0 Å². The van der Waals surface area contributed by atoms with Gasteiger partial charge in [0.1, 0.15) is 10.1 Å². The smallest absolute Gasteiger partial charge is 0.121 e. The van der Waals surface area contributed by atoms with Crippen LogP contribution in [0.2, 0.25) is 5.02 Å². The monoisotopic (exact) mass is 251 g/mol. The number of hydrogen-bond donors (Lipinski definition) is 1. The molecule has 5 heteroatoms. The van der Waals surface area contributed by atoms with Crippen LogP contribution in [0.15, 0.2) is 46.7 Å². The van der Waals surface area contributed by atoms with Crippen LogP contribution < -0.4 is 5.73 Å². The van der Waals surface area contributed by atoms with E-state index in [0.717, 1.165) is 15.6 Å². The maximum atomic E-state index is 6.17. The van der Waals surface area contributed by atoms with Crippen molar-refractivity contribution in [1.82, 2.24) is 9.97 Å². The summed E-state index contributed by atoms with van der Waals surface area (Å²) in [4.78, 5) is 8.42. The molecule has 0 amide bonds. The fourth-order valence-corrected chi connectivity index (χ4v) is 2.29. The Labute approximate surface area is 103 Å². The molecule has 0 fully saturated rings. The van der Waals surface area contributed by atoms with Crippen molar-refractivity contribution in [3.63, 3.8) is 0 Å². The molecular formula is C11H10ClN3S. The molecule has 0 unspecified atom stereocenters. The fourth-order valence-electron chi connectivity index (χ4n) is 1.20. The van der Waals surface area contributed by atoms with Crippen LogP contribution in [0.3, 0.4) is 0 Å². The van der Waals surface area contributed by atoms with Crippen LogP contribution in [-0.4, -0.2) is 9.97 Å². The lowest BCUT2D eigenvalue weighted by molar-refractivity contribution is 1.01. The van der Waals surface area contributed by atoms with Crippen LogP contribution >= 0.6 is 23.4 Å². The third kappa shape index (κ3) is 2.52. The Morgan fingerprint density at radius 3 is 2.75 bits per heavy atom. The molecule has 82 valence electrons. The Morgan fingerprint density at radius 2 is 2.06 bits per heavy atom. The first-order chi connectivity index (χ1) is 7.81. The van der Waals surface area contributed by atoms with E-state index in [0.29, 0.717) is 11.6 Å². The number of hydrogen-bond acceptors (Lipinski definition) is 4. The van der Waals surface area contributed by atoms with Gasteiger partial charge in [-0.2, -0.15) is 0 Å². The van der Waals surface area contributed by atoms with Gasteiger partial charge in [-0.05, 0) is 35.5 Å². The number of nitrogens with two attached hydrogens (primary N) is 1. The predicted molar refractivity (Wildman–Crippen MR) is 65.5 cm³/mol. The number of aromatic nitrogens is 2. The van der Waals surface area contributed by atoms with E-state index < -0.39 is 0 Å². The zero-order valence-electron chi connectivity index (χ0n) is 8.43. The van der Waals surface area contributed by atoms with Gasteiger partial charge in [-0.15, -0.1) is 0 Å². The molecule has 0 atom stereocenters. The summed E-state index contributed by atoms with van der Waals surface area (Å²) in [6.07, 6.45) is 3.45. The molecule has 0 aliphatic heterocycles. The maximum Gasteiger partial charge on any atom is 0.121 e. The van der Waals surface area contributed by atoms with Crippen LogP contribution in [0, 0.1) is 0 Å². The Bertz CT molecular complexity index is 476. The second-order valence-corrected chi connectivity index (χ2v) is 4.45. The lowest BCUT2D eigenvalue weighted by Gasteiger charge is -2.05. The van der Waals surface area contributed by atoms with Gasteiger partial charge in [0.25, 0.3) is 0 Å². The van der Waals surface area contributed by atoms with Crippen LogP contribution in [0.1, 0.15) is 5.56 Å². The molecule has 2 rings (SSSR count). The highest BCUT2D eigenvalue weighted by molar-refractivity contribution is 7.99. The number of rotatable bonds is 3. The average molecular weight is 252 g/mol. The summed E-state index contributed by atoms with van der Waals surface area (Å²) in [6, 6.07) is 7.54. The van der Waals surface area contributed by atoms with Gasteiger partial charge in [0.15, 0.2) is 0 Å². The summed E-state index contributed by atoms with van der Waals surface area (Å²) >= 11 is 7.60. The highest BCUT2D eigenvalue weighted by Crippen LogP contribution is 2.31. The van der Waals surface area contributed by atoms with E-state index in [-0.39, 0.29) is 0 Å². The molecule has 0 aliphatic rings. The molecule has 2 heterocycles. The summed E-state index contributed by atoms with van der Waals surface area (Å²) in [5.74, 6) is 0. The van der Waals surface area contributed by atoms with Crippen molar-refractivity contribution >= 4 is 23.4 Å². The van der Waals surface area contributed by atoms with Gasteiger partial charge >= 0.3 is 0 Å². The van der Waals surface area contributed by atoms with Crippen LogP contribution in [0.5, 0.6) is 0 Å². The van der Waals surface area contributed by atoms with E-state index in [2.05, 4.69) is 9.97 Å². The molecule has 0 aliphatic carbocycles. The Balaban J connectivity index is 2.28. The normalized spacial score (nSPS) is 10.4. The minimum Gasteiger partial charge on any atom is -0.326 e. The molecule has 2 aromatic heterocycles. The topological polar surface area (TPSA) is 51.8 Å². The van der Waals surface area contributed by atoms with E-state index in [1.807, 2.05) is 24.3 Å². The van der Waals surface area contributed by atoms with Crippen LogP contribution in [0.4, 0.5) is 0 Å². The number of halogens is 1. The lowest BCUT2D eigenvalue weighted by atomic mass is 10.3. The van der Waals surface area contributed by atoms with Crippen LogP contribution in [-0.2, 0) is 6.54 Å². The molecule has 0 radical (unpaired) electrons. The van der Waals surface area contributed by atoms with E-state index in [1.165, 1.54) is 11.8 Å². The van der Waals surface area contributed by atoms with E-state index in [9.17, 15) is 0 Å². The molecule has 3 nitrogen and oxygen atoms in total. The number of pyridine rings is 2. The van der Waals surface area contributed by atoms with Crippen molar-refractivity contribution in [3.05, 3.63) is 47.2 Å². The second-order valence-electron chi connectivity index (χ2n) is 3.06. The predicted octanol–water partition coefficient (Wildman–Crippen LogP) is 2.74. The molecule has 0 saturated carbocycles. The third-order valence-corrected chi connectivity index (χ3v) is 3.48. The fraction of sp³-hybridized carbons (Fsp3) is 0.0909. The molecular weight excluding hydrogens is 242 g/mol. The quantitative estimate of drug-likeness (QED) is 0.911. The number of nitrogens with zero attached hydrogens (tertiary/aromatic N) is 2. The zero-order chi connectivity index (χ0) is 11.4. The summed E-state index contributed by atoms with van der Waals surface area (Å²) in [5, 5.41) is 2.22. The first-order valence-electron chi connectivity index (χ1n) is 4.73. The van der Waals surface area contributed by atoms with Gasteiger partial charge in [-0.25, -0.2) is 9.97 Å². The minimum absolute atomic E-state index is 0.414. The van der Waals surface area contributed by atoms with Crippen molar-refractivity contribution in [2.75, 3.05) is 0 Å². The van der Waals surface area contributed by atoms with Crippen molar-refractivity contribution in [2.24, 2.45) is 5.73 Å². The summed E-state index contributed by atoms with van der Waals surface area (Å²) < 4.78 is 0. The Hall–Kier alpha value is -1.10. The Morgan fingerprint density at radius 1 is 1.19 bits per heavy atom. The van der Waals surface area contributed by atoms with Gasteiger partial charge in [-0.3, -0.25) is 0 Å². The third-order valence-electron chi connectivity index (χ3n) is 2.00. The highest BCUT2D eigenvalue weighted by atomic mass is 35.5. The van der Waals surface area contributed by atoms with Crippen molar-refractivity contribution in [2.45, 2.75) is 16.6 Å². The molecule has 0 aromatic carbocycles. The van der Waals surface area contributed by atoms with Gasteiger partial charge in [0.2, 0.25) is 0 Å².